The van der Waals surface area contributed by atoms with Crippen LogP contribution in [0.25, 0.3) is 0 Å². The van der Waals surface area contributed by atoms with Crippen molar-refractivity contribution in [2.45, 2.75) is 13.3 Å². The largest absolute Gasteiger partial charge is 0.359 e. The lowest BCUT2D eigenvalue weighted by atomic mass is 9.99. The molecule has 3 nitrogen and oxygen atoms in total. The molecule has 0 rings (SSSR count). The van der Waals surface area contributed by atoms with Crippen molar-refractivity contribution in [2.75, 3.05) is 7.05 Å². The number of amides is 1. The molecule has 0 saturated heterocycles. The van der Waals surface area contributed by atoms with E-state index in [0.29, 0.717) is 17.2 Å². The van der Waals surface area contributed by atoms with Crippen molar-refractivity contribution in [3.8, 4) is 0 Å². The molecule has 0 aliphatic rings. The van der Waals surface area contributed by atoms with E-state index in [1.54, 1.807) is 7.05 Å². The molecular weight excluding hydrogens is 200 g/mol. The van der Waals surface area contributed by atoms with E-state index in [4.69, 9.17) is 11.6 Å². The standard InChI is InChI=1S/C10H15ClN2O/c1-5-13-10(11)8(3)7(2)6-9(14)12-4/h5,7H,1,3,6H2,2,4H3,(H,12,14). The Bertz CT molecular complexity index is 271. The summed E-state index contributed by atoms with van der Waals surface area (Å²) in [4.78, 5) is 14.8. The summed E-state index contributed by atoms with van der Waals surface area (Å²) < 4.78 is 0. The number of aliphatic imine (C=N–C) groups is 1. The molecule has 0 heterocycles. The second-order valence-electron chi connectivity index (χ2n) is 2.91. The molecule has 0 aromatic rings. The molecule has 14 heavy (non-hydrogen) atoms. The van der Waals surface area contributed by atoms with Gasteiger partial charge in [0.15, 0.2) is 0 Å². The van der Waals surface area contributed by atoms with Crippen LogP contribution in [-0.4, -0.2) is 18.1 Å². The van der Waals surface area contributed by atoms with Gasteiger partial charge in [-0.3, -0.25) is 4.79 Å². The normalized spacial score (nSPS) is 13.2. The molecule has 1 unspecified atom stereocenters. The minimum Gasteiger partial charge on any atom is -0.359 e. The summed E-state index contributed by atoms with van der Waals surface area (Å²) >= 11 is 5.80. The highest BCUT2D eigenvalue weighted by Gasteiger charge is 2.13. The lowest BCUT2D eigenvalue weighted by Gasteiger charge is -2.11. The number of hydrogen-bond donors (Lipinski definition) is 1. The molecule has 0 bridgehead atoms. The number of nitrogens with one attached hydrogen (secondary N) is 1. The van der Waals surface area contributed by atoms with E-state index in [2.05, 4.69) is 23.5 Å². The van der Waals surface area contributed by atoms with Gasteiger partial charge in [0.1, 0.15) is 5.17 Å². The number of halogens is 1. The fourth-order valence-electron chi connectivity index (χ4n) is 0.870. The van der Waals surface area contributed by atoms with Gasteiger partial charge in [0.05, 0.1) is 0 Å². The summed E-state index contributed by atoms with van der Waals surface area (Å²) in [6.45, 7) is 9.07. The van der Waals surface area contributed by atoms with Crippen LogP contribution >= 0.6 is 11.6 Å². The van der Waals surface area contributed by atoms with Gasteiger partial charge in [-0.1, -0.05) is 31.7 Å². The maximum atomic E-state index is 11.1. The molecule has 78 valence electrons. The first-order valence-corrected chi connectivity index (χ1v) is 4.64. The summed E-state index contributed by atoms with van der Waals surface area (Å²) in [5.74, 6) is -0.0622. The third-order valence-electron chi connectivity index (χ3n) is 1.83. The van der Waals surface area contributed by atoms with E-state index >= 15 is 0 Å². The SMILES string of the molecule is C=CN=C(Cl)C(=C)C(C)CC(=O)NC. The van der Waals surface area contributed by atoms with Crippen molar-refractivity contribution >= 4 is 22.7 Å². The smallest absolute Gasteiger partial charge is 0.220 e. The molecule has 0 aliphatic carbocycles. The molecule has 1 atom stereocenters. The Labute approximate surface area is 89.6 Å². The first-order valence-electron chi connectivity index (χ1n) is 4.26. The van der Waals surface area contributed by atoms with Crippen LogP contribution in [0.3, 0.4) is 0 Å². The highest BCUT2D eigenvalue weighted by molar-refractivity contribution is 6.69. The van der Waals surface area contributed by atoms with Gasteiger partial charge in [-0.2, -0.15) is 0 Å². The van der Waals surface area contributed by atoms with E-state index in [9.17, 15) is 4.79 Å². The topological polar surface area (TPSA) is 41.5 Å². The van der Waals surface area contributed by atoms with E-state index in [-0.39, 0.29) is 11.8 Å². The molecule has 0 radical (unpaired) electrons. The van der Waals surface area contributed by atoms with E-state index in [1.807, 2.05) is 6.92 Å². The predicted octanol–water partition coefficient (Wildman–Crippen LogP) is 2.10. The maximum Gasteiger partial charge on any atom is 0.220 e. The second kappa shape index (κ2) is 6.38. The first kappa shape index (κ1) is 12.9. The van der Waals surface area contributed by atoms with Gasteiger partial charge < -0.3 is 5.32 Å². The lowest BCUT2D eigenvalue weighted by Crippen LogP contribution is -2.21. The molecule has 0 aliphatic heterocycles. The molecule has 0 spiro atoms. The Balaban J connectivity index is 4.32. The van der Waals surface area contributed by atoms with Crippen LogP contribution in [0, 0.1) is 5.92 Å². The molecule has 1 amide bonds. The first-order chi connectivity index (χ1) is 6.52. The van der Waals surface area contributed by atoms with E-state index in [1.165, 1.54) is 6.20 Å². The van der Waals surface area contributed by atoms with Gasteiger partial charge in [-0.05, 0) is 11.5 Å². The van der Waals surface area contributed by atoms with Crippen molar-refractivity contribution < 1.29 is 4.79 Å². The minimum absolute atomic E-state index is 0.0221. The molecular formula is C10H15ClN2O. The van der Waals surface area contributed by atoms with Crippen molar-refractivity contribution in [3.05, 3.63) is 24.9 Å². The minimum atomic E-state index is -0.0401. The Morgan fingerprint density at radius 3 is 2.71 bits per heavy atom. The zero-order valence-electron chi connectivity index (χ0n) is 8.51. The Hall–Kier alpha value is -1.09. The van der Waals surface area contributed by atoms with Crippen LogP contribution in [0.5, 0.6) is 0 Å². The average molecular weight is 215 g/mol. The van der Waals surface area contributed by atoms with Crippen LogP contribution in [0.15, 0.2) is 29.9 Å². The molecule has 0 aromatic carbocycles. The summed E-state index contributed by atoms with van der Waals surface area (Å²) in [5, 5.41) is 2.84. The Morgan fingerprint density at radius 2 is 2.29 bits per heavy atom. The fourth-order valence-corrected chi connectivity index (χ4v) is 1.13. The zero-order valence-corrected chi connectivity index (χ0v) is 9.27. The zero-order chi connectivity index (χ0) is 11.1. The second-order valence-corrected chi connectivity index (χ2v) is 3.26. The fraction of sp³-hybridized carbons (Fsp3) is 0.400. The molecule has 0 fully saturated rings. The monoisotopic (exact) mass is 214 g/mol. The van der Waals surface area contributed by atoms with Gasteiger partial charge in [0.2, 0.25) is 5.91 Å². The predicted molar refractivity (Wildman–Crippen MR) is 60.5 cm³/mol. The van der Waals surface area contributed by atoms with E-state index < -0.39 is 0 Å². The van der Waals surface area contributed by atoms with Crippen molar-refractivity contribution in [1.29, 1.82) is 0 Å². The number of nitrogens with zero attached hydrogens (tertiary/aromatic N) is 1. The van der Waals surface area contributed by atoms with Crippen molar-refractivity contribution in [1.82, 2.24) is 5.32 Å². The van der Waals surface area contributed by atoms with Gasteiger partial charge in [-0.15, -0.1) is 0 Å². The quantitative estimate of drug-likeness (QED) is 0.700. The van der Waals surface area contributed by atoms with Gasteiger partial charge in [0.25, 0.3) is 0 Å². The van der Waals surface area contributed by atoms with Gasteiger partial charge in [0, 0.05) is 19.7 Å². The van der Waals surface area contributed by atoms with Crippen molar-refractivity contribution in [2.24, 2.45) is 10.9 Å². The maximum absolute atomic E-state index is 11.1. The number of carbonyl (C=O) groups excluding carboxylic acids is 1. The van der Waals surface area contributed by atoms with Crippen LogP contribution < -0.4 is 5.32 Å². The number of allylic oxidation sites excluding steroid dienone is 1. The molecule has 0 saturated carbocycles. The lowest BCUT2D eigenvalue weighted by molar-refractivity contribution is -0.121. The van der Waals surface area contributed by atoms with Crippen LogP contribution in [0.1, 0.15) is 13.3 Å². The summed E-state index contributed by atoms with van der Waals surface area (Å²) in [7, 11) is 1.59. The third-order valence-corrected chi connectivity index (χ3v) is 2.18. The Morgan fingerprint density at radius 1 is 1.71 bits per heavy atom. The average Bonchev–Trinajstić information content (AvgIpc) is 2.16. The van der Waals surface area contributed by atoms with E-state index in [0.717, 1.165) is 0 Å². The molecule has 4 heteroatoms. The third kappa shape index (κ3) is 4.23. The van der Waals surface area contributed by atoms with Gasteiger partial charge in [-0.25, -0.2) is 4.99 Å². The van der Waals surface area contributed by atoms with Gasteiger partial charge >= 0.3 is 0 Å². The van der Waals surface area contributed by atoms with Crippen LogP contribution in [0.4, 0.5) is 0 Å². The molecule has 1 N–H and O–H groups in total. The Kier molecular flexibility index (Phi) is 5.88. The highest BCUT2D eigenvalue weighted by atomic mass is 35.5. The number of carbonyl (C=O) groups is 1. The van der Waals surface area contributed by atoms with Crippen molar-refractivity contribution in [3.63, 3.8) is 0 Å². The summed E-state index contributed by atoms with van der Waals surface area (Å²) in [6.07, 6.45) is 1.71. The number of rotatable bonds is 5. The van der Waals surface area contributed by atoms with Crippen LogP contribution in [-0.2, 0) is 4.79 Å². The number of hydrogen-bond acceptors (Lipinski definition) is 2. The van der Waals surface area contributed by atoms with Crippen LogP contribution in [0.2, 0.25) is 0 Å². The summed E-state index contributed by atoms with van der Waals surface area (Å²) in [5.41, 5.74) is 0.648. The summed E-state index contributed by atoms with van der Waals surface area (Å²) in [6, 6.07) is 0. The molecule has 0 aromatic heterocycles. The highest BCUT2D eigenvalue weighted by Crippen LogP contribution is 2.16.